The van der Waals surface area contributed by atoms with E-state index in [0.29, 0.717) is 18.5 Å². The molecule has 5 heteroatoms. The Morgan fingerprint density at radius 3 is 2.57 bits per heavy atom. The smallest absolute Gasteiger partial charge is 0.246 e. The summed E-state index contributed by atoms with van der Waals surface area (Å²) in [6, 6.07) is 0.714. The Morgan fingerprint density at radius 2 is 1.90 bits per heavy atom. The zero-order valence-electron chi connectivity index (χ0n) is 12.7. The highest BCUT2D eigenvalue weighted by atomic mass is 32.2. The van der Waals surface area contributed by atoms with Crippen LogP contribution in [0, 0.1) is 0 Å². The average molecular weight is 308 g/mol. The van der Waals surface area contributed by atoms with Gasteiger partial charge in [0.05, 0.1) is 4.87 Å². The van der Waals surface area contributed by atoms with Crippen LogP contribution in [0.5, 0.6) is 0 Å². The Hall–Kier alpha value is -0.710. The number of fused-ring (bicyclic) bond motifs is 1. The van der Waals surface area contributed by atoms with E-state index in [-0.39, 0.29) is 22.7 Å². The number of nitrogens with zero attached hydrogens (tertiary/aromatic N) is 2. The molecule has 0 radical (unpaired) electrons. The molecule has 2 atom stereocenters. The average Bonchev–Trinajstić information content (AvgIpc) is 2.90. The first-order valence-corrected chi connectivity index (χ1v) is 9.37. The molecule has 4 rings (SSSR count). The molecule has 4 aliphatic rings. The van der Waals surface area contributed by atoms with Gasteiger partial charge in [0.2, 0.25) is 11.8 Å². The van der Waals surface area contributed by atoms with E-state index >= 15 is 0 Å². The summed E-state index contributed by atoms with van der Waals surface area (Å²) in [5.74, 6) is 1.22. The molecule has 0 aromatic rings. The third-order valence-corrected chi connectivity index (χ3v) is 7.15. The van der Waals surface area contributed by atoms with E-state index in [9.17, 15) is 9.59 Å². The van der Waals surface area contributed by atoms with Crippen molar-refractivity contribution in [1.82, 2.24) is 9.80 Å². The Bertz CT molecular complexity index is 473. The second kappa shape index (κ2) is 4.90. The zero-order chi connectivity index (χ0) is 14.6. The maximum Gasteiger partial charge on any atom is 0.246 e. The molecule has 2 heterocycles. The summed E-state index contributed by atoms with van der Waals surface area (Å²) in [6.45, 7) is 2.13. The molecule has 21 heavy (non-hydrogen) atoms. The normalized spacial score (nSPS) is 36.3. The third kappa shape index (κ3) is 2.19. The van der Waals surface area contributed by atoms with Crippen molar-refractivity contribution in [1.29, 1.82) is 0 Å². The second-order valence-electron chi connectivity index (χ2n) is 7.18. The van der Waals surface area contributed by atoms with Crippen LogP contribution in [-0.4, -0.2) is 50.4 Å². The van der Waals surface area contributed by atoms with Crippen molar-refractivity contribution >= 4 is 23.6 Å². The van der Waals surface area contributed by atoms with E-state index in [1.165, 1.54) is 12.8 Å². The molecule has 2 aliphatic carbocycles. The summed E-state index contributed by atoms with van der Waals surface area (Å²) < 4.78 is 0. The van der Waals surface area contributed by atoms with Crippen LogP contribution in [0.4, 0.5) is 0 Å². The van der Waals surface area contributed by atoms with Crippen LogP contribution in [0.1, 0.15) is 58.3 Å². The molecule has 4 nitrogen and oxygen atoms in total. The van der Waals surface area contributed by atoms with Crippen LogP contribution in [0.25, 0.3) is 0 Å². The van der Waals surface area contributed by atoms with Gasteiger partial charge in [-0.15, -0.1) is 11.8 Å². The van der Waals surface area contributed by atoms with E-state index in [2.05, 4.69) is 11.8 Å². The fourth-order valence-electron chi connectivity index (χ4n) is 4.37. The fraction of sp³-hybridized carbons (Fsp3) is 0.875. The summed E-state index contributed by atoms with van der Waals surface area (Å²) in [5.41, 5.74) is 0. The lowest BCUT2D eigenvalue weighted by molar-refractivity contribution is -0.145. The van der Waals surface area contributed by atoms with Gasteiger partial charge in [-0.1, -0.05) is 12.8 Å². The lowest BCUT2D eigenvalue weighted by Crippen LogP contribution is -2.54. The van der Waals surface area contributed by atoms with Crippen LogP contribution < -0.4 is 0 Å². The van der Waals surface area contributed by atoms with Gasteiger partial charge in [0.25, 0.3) is 0 Å². The van der Waals surface area contributed by atoms with Gasteiger partial charge in [0.15, 0.2) is 0 Å². The van der Waals surface area contributed by atoms with Gasteiger partial charge in [-0.25, -0.2) is 0 Å². The van der Waals surface area contributed by atoms with Gasteiger partial charge in [0.1, 0.15) is 6.04 Å². The van der Waals surface area contributed by atoms with Gasteiger partial charge < -0.3 is 9.80 Å². The summed E-state index contributed by atoms with van der Waals surface area (Å²) in [7, 11) is 0. The van der Waals surface area contributed by atoms with Crippen molar-refractivity contribution < 1.29 is 9.59 Å². The minimum absolute atomic E-state index is 0.123. The third-order valence-electron chi connectivity index (χ3n) is 5.64. The highest BCUT2D eigenvalue weighted by Gasteiger charge is 2.55. The van der Waals surface area contributed by atoms with E-state index in [1.54, 1.807) is 11.8 Å². The lowest BCUT2D eigenvalue weighted by atomic mass is 10.1. The largest absolute Gasteiger partial charge is 0.335 e. The van der Waals surface area contributed by atoms with Crippen LogP contribution in [-0.2, 0) is 9.59 Å². The molecule has 116 valence electrons. The summed E-state index contributed by atoms with van der Waals surface area (Å²) >= 11 is 1.81. The highest BCUT2D eigenvalue weighted by molar-refractivity contribution is 8.01. The molecule has 2 saturated carbocycles. The predicted octanol–water partition coefficient (Wildman–Crippen LogP) is 2.37. The van der Waals surface area contributed by atoms with E-state index in [4.69, 9.17) is 0 Å². The molecule has 0 N–H and O–H groups in total. The first-order valence-electron chi connectivity index (χ1n) is 8.38. The molecule has 2 aliphatic heterocycles. The van der Waals surface area contributed by atoms with Crippen LogP contribution in [0.3, 0.4) is 0 Å². The molecule has 2 amide bonds. The molecule has 0 unspecified atom stereocenters. The molecular weight excluding hydrogens is 284 g/mol. The summed E-state index contributed by atoms with van der Waals surface area (Å²) in [5, 5.41) is 0. The van der Waals surface area contributed by atoms with Gasteiger partial charge >= 0.3 is 0 Å². The molecule has 0 aromatic heterocycles. The van der Waals surface area contributed by atoms with Crippen molar-refractivity contribution in [3.05, 3.63) is 0 Å². The summed E-state index contributed by atoms with van der Waals surface area (Å²) in [6.07, 6.45) is 8.65. The van der Waals surface area contributed by atoms with Crippen molar-refractivity contribution in [3.8, 4) is 0 Å². The second-order valence-corrected chi connectivity index (χ2v) is 8.68. The Balaban J connectivity index is 1.57. The van der Waals surface area contributed by atoms with Crippen molar-refractivity contribution in [2.75, 3.05) is 5.75 Å². The quantitative estimate of drug-likeness (QED) is 0.804. The number of carbonyl (C=O) groups is 2. The van der Waals surface area contributed by atoms with Gasteiger partial charge in [-0.05, 0) is 39.0 Å². The number of hydrogen-bond donors (Lipinski definition) is 0. The molecular formula is C16H24N2O2S. The van der Waals surface area contributed by atoms with Crippen LogP contribution in [0.2, 0.25) is 0 Å². The summed E-state index contributed by atoms with van der Waals surface area (Å²) in [4.78, 5) is 29.4. The number of rotatable bonds is 3. The first kappa shape index (κ1) is 13.9. The number of hydrogen-bond acceptors (Lipinski definition) is 3. The van der Waals surface area contributed by atoms with E-state index in [0.717, 1.165) is 37.9 Å². The van der Waals surface area contributed by atoms with Crippen molar-refractivity contribution in [2.45, 2.75) is 81.3 Å². The molecule has 4 fully saturated rings. The fourth-order valence-corrected chi connectivity index (χ4v) is 5.79. The standard InChI is InChI=1S/C16H24N2O2S/c1-16-9-8-14(19)18(16)13(10-21-16)15(20)17(12-6-7-12)11-4-2-3-5-11/h11-13H,2-10H2,1H3/t13-,16-/m1/s1. The Kier molecular flexibility index (Phi) is 3.25. The topological polar surface area (TPSA) is 40.6 Å². The van der Waals surface area contributed by atoms with Gasteiger partial charge in [-0.3, -0.25) is 9.59 Å². The minimum Gasteiger partial charge on any atom is -0.335 e. The van der Waals surface area contributed by atoms with E-state index in [1.807, 2.05) is 4.90 Å². The van der Waals surface area contributed by atoms with E-state index < -0.39 is 0 Å². The molecule has 0 bridgehead atoms. The highest BCUT2D eigenvalue weighted by Crippen LogP contribution is 2.48. The zero-order valence-corrected chi connectivity index (χ0v) is 13.5. The number of carbonyl (C=O) groups excluding carboxylic acids is 2. The Morgan fingerprint density at radius 1 is 1.24 bits per heavy atom. The maximum atomic E-state index is 13.2. The van der Waals surface area contributed by atoms with Gasteiger partial charge in [-0.2, -0.15) is 0 Å². The molecule has 2 saturated heterocycles. The van der Waals surface area contributed by atoms with Gasteiger partial charge in [0, 0.05) is 24.3 Å². The Labute approximate surface area is 130 Å². The van der Waals surface area contributed by atoms with Crippen LogP contribution in [0.15, 0.2) is 0 Å². The van der Waals surface area contributed by atoms with Crippen molar-refractivity contribution in [2.24, 2.45) is 0 Å². The SMILES string of the molecule is C[C@@]12CCC(=O)N1[C@@H](C(=O)N(C1CCCC1)C1CC1)CS2. The molecule has 0 aromatic carbocycles. The monoisotopic (exact) mass is 308 g/mol. The molecule has 0 spiro atoms. The lowest BCUT2D eigenvalue weighted by Gasteiger charge is -2.36. The first-order chi connectivity index (χ1) is 10.1. The minimum atomic E-state index is -0.198. The number of thioether (sulfide) groups is 1. The van der Waals surface area contributed by atoms with Crippen LogP contribution >= 0.6 is 11.8 Å². The van der Waals surface area contributed by atoms with Crippen molar-refractivity contribution in [3.63, 3.8) is 0 Å². The number of amides is 2. The predicted molar refractivity (Wildman–Crippen MR) is 82.9 cm³/mol. The maximum absolute atomic E-state index is 13.2.